The molecule has 0 saturated carbocycles. The second-order valence-corrected chi connectivity index (χ2v) is 5.21. The van der Waals surface area contributed by atoms with E-state index in [0.717, 1.165) is 16.9 Å². The fraction of sp³-hybridized carbons (Fsp3) is 0.417. The van der Waals surface area contributed by atoms with Gasteiger partial charge in [-0.15, -0.1) is 5.10 Å². The molecule has 0 radical (unpaired) electrons. The van der Waals surface area contributed by atoms with E-state index in [9.17, 15) is 0 Å². The van der Waals surface area contributed by atoms with Gasteiger partial charge in [0.25, 0.3) is 0 Å². The van der Waals surface area contributed by atoms with Crippen LogP contribution in [0.4, 0.5) is 5.82 Å². The third kappa shape index (κ3) is 2.13. The van der Waals surface area contributed by atoms with Gasteiger partial charge in [0.15, 0.2) is 5.82 Å². The molecule has 0 spiro atoms. The first-order valence-electron chi connectivity index (χ1n) is 5.53. The summed E-state index contributed by atoms with van der Waals surface area (Å²) in [7, 11) is 0. The Morgan fingerprint density at radius 2 is 1.94 bits per heavy atom. The molecule has 5 nitrogen and oxygen atoms in total. The summed E-state index contributed by atoms with van der Waals surface area (Å²) in [5.74, 6) is 0.471. The second-order valence-electron chi connectivity index (χ2n) is 5.21. The Labute approximate surface area is 101 Å². The zero-order chi connectivity index (χ0) is 12.6. The van der Waals surface area contributed by atoms with Crippen molar-refractivity contribution in [1.29, 1.82) is 0 Å². The number of nitrogen functional groups attached to an aromatic ring is 1. The molecule has 0 fully saturated rings. The molecule has 2 N–H and O–H groups in total. The van der Waals surface area contributed by atoms with Crippen LogP contribution < -0.4 is 5.73 Å². The first-order chi connectivity index (χ1) is 7.89. The summed E-state index contributed by atoms with van der Waals surface area (Å²) in [4.78, 5) is 4.16. The molecular formula is C12H17N5. The maximum absolute atomic E-state index is 5.89. The van der Waals surface area contributed by atoms with E-state index in [1.165, 1.54) is 0 Å². The smallest absolute Gasteiger partial charge is 0.170 e. The molecule has 0 unspecified atom stereocenters. The maximum atomic E-state index is 5.89. The maximum Gasteiger partial charge on any atom is 0.170 e. The molecule has 0 aromatic carbocycles. The standard InChI is InChI=1S/C12H17N5/c1-8-5-9(7-14-6-8)17-10(12(2,3)4)11(13)15-16-17/h5-7H,13H2,1-4H3. The summed E-state index contributed by atoms with van der Waals surface area (Å²) in [6.45, 7) is 8.25. The lowest BCUT2D eigenvalue weighted by Gasteiger charge is -2.20. The zero-order valence-corrected chi connectivity index (χ0v) is 10.6. The Morgan fingerprint density at radius 1 is 1.24 bits per heavy atom. The summed E-state index contributed by atoms with van der Waals surface area (Å²) >= 11 is 0. The fourth-order valence-electron chi connectivity index (χ4n) is 1.83. The molecule has 0 saturated heterocycles. The molecule has 0 aliphatic carbocycles. The number of hydrogen-bond acceptors (Lipinski definition) is 4. The van der Waals surface area contributed by atoms with Gasteiger partial charge < -0.3 is 5.73 Å². The van der Waals surface area contributed by atoms with Gasteiger partial charge in [-0.05, 0) is 18.6 Å². The highest BCUT2D eigenvalue weighted by Crippen LogP contribution is 2.28. The van der Waals surface area contributed by atoms with Gasteiger partial charge in [0.1, 0.15) is 0 Å². The minimum Gasteiger partial charge on any atom is -0.381 e. The molecule has 90 valence electrons. The molecule has 2 rings (SSSR count). The summed E-state index contributed by atoms with van der Waals surface area (Å²) in [5.41, 5.74) is 8.65. The molecule has 2 aromatic heterocycles. The van der Waals surface area contributed by atoms with Gasteiger partial charge in [0, 0.05) is 11.6 Å². The van der Waals surface area contributed by atoms with Crippen molar-refractivity contribution < 1.29 is 0 Å². The number of aromatic nitrogens is 4. The Balaban J connectivity index is 2.61. The summed E-state index contributed by atoms with van der Waals surface area (Å²) in [6.07, 6.45) is 3.57. The largest absolute Gasteiger partial charge is 0.381 e. The number of nitrogens with two attached hydrogens (primary N) is 1. The average molecular weight is 231 g/mol. The van der Waals surface area contributed by atoms with E-state index >= 15 is 0 Å². The van der Waals surface area contributed by atoms with Crippen molar-refractivity contribution in [1.82, 2.24) is 20.0 Å². The molecule has 2 aromatic rings. The average Bonchev–Trinajstić information content (AvgIpc) is 2.59. The van der Waals surface area contributed by atoms with Crippen molar-refractivity contribution in [2.75, 3.05) is 5.73 Å². The second kappa shape index (κ2) is 3.84. The lowest BCUT2D eigenvalue weighted by atomic mass is 9.91. The monoisotopic (exact) mass is 231 g/mol. The molecule has 0 amide bonds. The molecular weight excluding hydrogens is 214 g/mol. The highest BCUT2D eigenvalue weighted by atomic mass is 15.4. The van der Waals surface area contributed by atoms with Crippen LogP contribution in [0, 0.1) is 6.92 Å². The Hall–Kier alpha value is -1.91. The number of nitrogens with zero attached hydrogens (tertiary/aromatic N) is 4. The van der Waals surface area contributed by atoms with Crippen molar-refractivity contribution in [3.05, 3.63) is 29.7 Å². The molecule has 17 heavy (non-hydrogen) atoms. The highest BCUT2D eigenvalue weighted by Gasteiger charge is 2.24. The zero-order valence-electron chi connectivity index (χ0n) is 10.6. The summed E-state index contributed by atoms with van der Waals surface area (Å²) < 4.78 is 1.76. The minimum absolute atomic E-state index is 0.114. The fourth-order valence-corrected chi connectivity index (χ4v) is 1.83. The van der Waals surface area contributed by atoms with Crippen LogP contribution in [0.1, 0.15) is 32.0 Å². The van der Waals surface area contributed by atoms with Crippen LogP contribution in [0.15, 0.2) is 18.5 Å². The number of aryl methyl sites for hydroxylation is 1. The topological polar surface area (TPSA) is 69.6 Å². The lowest BCUT2D eigenvalue weighted by molar-refractivity contribution is 0.544. The van der Waals surface area contributed by atoms with Crippen molar-refractivity contribution in [2.24, 2.45) is 0 Å². The van der Waals surface area contributed by atoms with Crippen LogP contribution in [0.2, 0.25) is 0 Å². The first-order valence-corrected chi connectivity index (χ1v) is 5.53. The highest BCUT2D eigenvalue weighted by molar-refractivity contribution is 5.44. The van der Waals surface area contributed by atoms with Gasteiger partial charge in [-0.3, -0.25) is 4.98 Å². The van der Waals surface area contributed by atoms with E-state index in [1.54, 1.807) is 17.1 Å². The van der Waals surface area contributed by atoms with Gasteiger partial charge in [0.2, 0.25) is 0 Å². The Bertz CT molecular complexity index is 536. The molecule has 0 atom stereocenters. The van der Waals surface area contributed by atoms with Gasteiger partial charge >= 0.3 is 0 Å². The SMILES string of the molecule is Cc1cncc(-n2nnc(N)c2C(C)(C)C)c1. The van der Waals surface area contributed by atoms with Crippen molar-refractivity contribution in [2.45, 2.75) is 33.1 Å². The van der Waals surface area contributed by atoms with E-state index in [4.69, 9.17) is 5.73 Å². The lowest BCUT2D eigenvalue weighted by Crippen LogP contribution is -2.19. The molecule has 2 heterocycles. The van der Waals surface area contributed by atoms with Gasteiger partial charge in [-0.1, -0.05) is 26.0 Å². The van der Waals surface area contributed by atoms with Gasteiger partial charge in [-0.25, -0.2) is 4.68 Å². The van der Waals surface area contributed by atoms with Crippen LogP contribution in [0.5, 0.6) is 0 Å². The summed E-state index contributed by atoms with van der Waals surface area (Å²) in [6, 6.07) is 2.01. The third-order valence-corrected chi connectivity index (χ3v) is 2.51. The minimum atomic E-state index is -0.114. The van der Waals surface area contributed by atoms with Crippen molar-refractivity contribution >= 4 is 5.82 Å². The van der Waals surface area contributed by atoms with E-state index in [0.29, 0.717) is 5.82 Å². The van der Waals surface area contributed by atoms with Gasteiger partial charge in [0.05, 0.1) is 17.6 Å². The number of hydrogen-bond donors (Lipinski definition) is 1. The number of rotatable bonds is 1. The Kier molecular flexibility index (Phi) is 2.61. The van der Waals surface area contributed by atoms with Crippen molar-refractivity contribution in [3.8, 4) is 5.69 Å². The predicted octanol–water partition coefficient (Wildman–Crippen LogP) is 1.85. The summed E-state index contributed by atoms with van der Waals surface area (Å²) in [5, 5.41) is 8.05. The van der Waals surface area contributed by atoms with Crippen LogP contribution in [0.25, 0.3) is 5.69 Å². The first kappa shape index (κ1) is 11.6. The molecule has 5 heteroatoms. The van der Waals surface area contributed by atoms with Crippen LogP contribution in [0.3, 0.4) is 0 Å². The molecule has 0 aliphatic heterocycles. The normalized spacial score (nSPS) is 11.8. The molecule has 0 aliphatic rings. The van der Waals surface area contributed by atoms with Crippen LogP contribution >= 0.6 is 0 Å². The predicted molar refractivity (Wildman–Crippen MR) is 67.0 cm³/mol. The van der Waals surface area contributed by atoms with E-state index in [-0.39, 0.29) is 5.41 Å². The van der Waals surface area contributed by atoms with E-state index in [2.05, 4.69) is 36.1 Å². The van der Waals surface area contributed by atoms with E-state index in [1.807, 2.05) is 13.0 Å². The van der Waals surface area contributed by atoms with Gasteiger partial charge in [-0.2, -0.15) is 0 Å². The van der Waals surface area contributed by atoms with Crippen LogP contribution in [-0.4, -0.2) is 20.0 Å². The van der Waals surface area contributed by atoms with E-state index < -0.39 is 0 Å². The third-order valence-electron chi connectivity index (χ3n) is 2.51. The van der Waals surface area contributed by atoms with Crippen LogP contribution in [-0.2, 0) is 5.41 Å². The molecule has 0 bridgehead atoms. The number of pyridine rings is 1. The quantitative estimate of drug-likeness (QED) is 0.813. The number of anilines is 1. The Morgan fingerprint density at radius 3 is 2.53 bits per heavy atom. The van der Waals surface area contributed by atoms with Crippen molar-refractivity contribution in [3.63, 3.8) is 0 Å².